The molecule has 2 N–H and O–H groups in total. The van der Waals surface area contributed by atoms with E-state index in [1.54, 1.807) is 11.1 Å². The zero-order valence-electron chi connectivity index (χ0n) is 15.3. The standard InChI is InChI=1S/C19H24BrN3O3/c1-19(2,3)26-18(25)23-8-6-13(7-9-23)22-17(24)15-11-21-16-10-12(20)4-5-14(15)16/h4-5,10-11,13,21H,6-9H2,1-3H3,(H,22,24). The average molecular weight is 422 g/mol. The first kappa shape index (κ1) is 18.8. The summed E-state index contributed by atoms with van der Waals surface area (Å²) in [6.45, 7) is 6.74. The van der Waals surface area contributed by atoms with Gasteiger partial charge in [0.25, 0.3) is 5.91 Å². The number of nitrogens with one attached hydrogen (secondary N) is 2. The summed E-state index contributed by atoms with van der Waals surface area (Å²) in [6, 6.07) is 5.86. The predicted molar refractivity (Wildman–Crippen MR) is 104 cm³/mol. The Morgan fingerprint density at radius 1 is 1.27 bits per heavy atom. The molecule has 0 radical (unpaired) electrons. The first-order chi connectivity index (χ1) is 12.2. The van der Waals surface area contributed by atoms with Crippen LogP contribution in [0.5, 0.6) is 0 Å². The third-order valence-electron chi connectivity index (χ3n) is 4.37. The molecular formula is C19H24BrN3O3. The van der Waals surface area contributed by atoms with Crippen LogP contribution in [0.1, 0.15) is 44.0 Å². The fourth-order valence-electron chi connectivity index (χ4n) is 3.08. The van der Waals surface area contributed by atoms with Crippen LogP contribution in [0.4, 0.5) is 4.79 Å². The summed E-state index contributed by atoms with van der Waals surface area (Å²) in [7, 11) is 0. The van der Waals surface area contributed by atoms with Crippen molar-refractivity contribution in [1.82, 2.24) is 15.2 Å². The van der Waals surface area contributed by atoms with Gasteiger partial charge in [0.15, 0.2) is 0 Å². The molecule has 1 fully saturated rings. The van der Waals surface area contributed by atoms with Gasteiger partial charge in [0.2, 0.25) is 0 Å². The fourth-order valence-corrected chi connectivity index (χ4v) is 3.44. The van der Waals surface area contributed by atoms with Crippen LogP contribution in [0.2, 0.25) is 0 Å². The van der Waals surface area contributed by atoms with Gasteiger partial charge < -0.3 is 19.9 Å². The monoisotopic (exact) mass is 421 g/mol. The summed E-state index contributed by atoms with van der Waals surface area (Å²) in [6.07, 6.45) is 2.89. The Kier molecular flexibility index (Phi) is 5.27. The van der Waals surface area contributed by atoms with E-state index < -0.39 is 5.60 Å². The first-order valence-electron chi connectivity index (χ1n) is 8.78. The molecule has 0 saturated carbocycles. The third kappa shape index (κ3) is 4.38. The number of ether oxygens (including phenoxy) is 1. The number of benzene rings is 1. The molecular weight excluding hydrogens is 398 g/mol. The maximum Gasteiger partial charge on any atom is 0.410 e. The van der Waals surface area contributed by atoms with Crippen LogP contribution in [0.25, 0.3) is 10.9 Å². The number of rotatable bonds is 2. The van der Waals surface area contributed by atoms with Crippen molar-refractivity contribution < 1.29 is 14.3 Å². The minimum Gasteiger partial charge on any atom is -0.444 e. The maximum absolute atomic E-state index is 12.6. The number of amides is 2. The Morgan fingerprint density at radius 3 is 2.62 bits per heavy atom. The Bertz CT molecular complexity index is 817. The first-order valence-corrected chi connectivity index (χ1v) is 9.58. The summed E-state index contributed by atoms with van der Waals surface area (Å²) in [4.78, 5) is 29.6. The van der Waals surface area contributed by atoms with Gasteiger partial charge in [0.05, 0.1) is 5.56 Å². The van der Waals surface area contributed by atoms with E-state index in [4.69, 9.17) is 4.74 Å². The van der Waals surface area contributed by atoms with Crippen LogP contribution in [0.3, 0.4) is 0 Å². The van der Waals surface area contributed by atoms with E-state index in [9.17, 15) is 9.59 Å². The zero-order valence-corrected chi connectivity index (χ0v) is 16.9. The highest BCUT2D eigenvalue weighted by Crippen LogP contribution is 2.23. The van der Waals surface area contributed by atoms with Crippen molar-refractivity contribution in [1.29, 1.82) is 0 Å². The summed E-state index contributed by atoms with van der Waals surface area (Å²) in [5.74, 6) is -0.0886. The molecule has 0 aliphatic carbocycles. The minimum atomic E-state index is -0.494. The lowest BCUT2D eigenvalue weighted by Gasteiger charge is -2.33. The Morgan fingerprint density at radius 2 is 1.96 bits per heavy atom. The van der Waals surface area contributed by atoms with E-state index in [0.29, 0.717) is 18.7 Å². The largest absolute Gasteiger partial charge is 0.444 e. The molecule has 140 valence electrons. The number of piperidine rings is 1. The van der Waals surface area contributed by atoms with Crippen LogP contribution in [0, 0.1) is 0 Å². The Balaban J connectivity index is 1.57. The number of aromatic amines is 1. The number of aromatic nitrogens is 1. The molecule has 1 aliphatic heterocycles. The number of carbonyl (C=O) groups is 2. The number of hydrogen-bond donors (Lipinski definition) is 2. The SMILES string of the molecule is CC(C)(C)OC(=O)N1CCC(NC(=O)c2c[nH]c3cc(Br)ccc23)CC1. The van der Waals surface area contributed by atoms with E-state index in [-0.39, 0.29) is 18.0 Å². The summed E-state index contributed by atoms with van der Waals surface area (Å²) in [5, 5.41) is 3.99. The third-order valence-corrected chi connectivity index (χ3v) is 4.86. The lowest BCUT2D eigenvalue weighted by Crippen LogP contribution is -2.47. The highest BCUT2D eigenvalue weighted by Gasteiger charge is 2.28. The van der Waals surface area contributed by atoms with E-state index in [0.717, 1.165) is 28.2 Å². The van der Waals surface area contributed by atoms with Gasteiger partial charge in [-0.3, -0.25) is 4.79 Å². The summed E-state index contributed by atoms with van der Waals surface area (Å²) < 4.78 is 6.37. The second kappa shape index (κ2) is 7.31. The van der Waals surface area contributed by atoms with Gasteiger partial charge >= 0.3 is 6.09 Å². The predicted octanol–water partition coefficient (Wildman–Crippen LogP) is 4.06. The van der Waals surface area contributed by atoms with E-state index in [1.807, 2.05) is 39.0 Å². The second-order valence-corrected chi connectivity index (χ2v) is 8.52. The van der Waals surface area contributed by atoms with Gasteiger partial charge in [-0.05, 0) is 45.7 Å². The van der Waals surface area contributed by atoms with Crippen molar-refractivity contribution >= 4 is 38.8 Å². The molecule has 0 bridgehead atoms. The van der Waals surface area contributed by atoms with Crippen molar-refractivity contribution in [2.24, 2.45) is 0 Å². The molecule has 2 aromatic rings. The van der Waals surface area contributed by atoms with Crippen LogP contribution in [0.15, 0.2) is 28.9 Å². The molecule has 3 rings (SSSR count). The molecule has 2 amide bonds. The number of hydrogen-bond acceptors (Lipinski definition) is 3. The fraction of sp³-hybridized carbons (Fsp3) is 0.474. The lowest BCUT2D eigenvalue weighted by molar-refractivity contribution is 0.0200. The minimum absolute atomic E-state index is 0.0570. The second-order valence-electron chi connectivity index (χ2n) is 7.61. The molecule has 0 unspecified atom stereocenters. The molecule has 26 heavy (non-hydrogen) atoms. The topological polar surface area (TPSA) is 74.4 Å². The number of fused-ring (bicyclic) bond motifs is 1. The van der Waals surface area contributed by atoms with Crippen LogP contribution >= 0.6 is 15.9 Å². The Hall–Kier alpha value is -2.02. The molecule has 0 spiro atoms. The number of likely N-dealkylation sites (tertiary alicyclic amines) is 1. The van der Waals surface area contributed by atoms with Crippen LogP contribution in [-0.4, -0.2) is 46.6 Å². The average Bonchev–Trinajstić information content (AvgIpc) is 2.97. The molecule has 1 aromatic heterocycles. The molecule has 6 nitrogen and oxygen atoms in total. The molecule has 2 heterocycles. The van der Waals surface area contributed by atoms with Crippen molar-refractivity contribution in [3.05, 3.63) is 34.4 Å². The van der Waals surface area contributed by atoms with Gasteiger partial charge in [0.1, 0.15) is 5.60 Å². The molecule has 1 aliphatic rings. The number of nitrogens with zero attached hydrogens (tertiary/aromatic N) is 1. The zero-order chi connectivity index (χ0) is 18.9. The maximum atomic E-state index is 12.6. The molecule has 7 heteroatoms. The van der Waals surface area contributed by atoms with Crippen LogP contribution in [-0.2, 0) is 4.74 Å². The highest BCUT2D eigenvalue weighted by molar-refractivity contribution is 9.10. The van der Waals surface area contributed by atoms with Gasteiger partial charge in [-0.25, -0.2) is 4.79 Å². The van der Waals surface area contributed by atoms with Gasteiger partial charge in [-0.1, -0.05) is 22.0 Å². The quantitative estimate of drug-likeness (QED) is 0.767. The molecule has 1 aromatic carbocycles. The number of carbonyl (C=O) groups excluding carboxylic acids is 2. The van der Waals surface area contributed by atoms with Crippen molar-refractivity contribution in [3.63, 3.8) is 0 Å². The van der Waals surface area contributed by atoms with Gasteiger partial charge in [-0.15, -0.1) is 0 Å². The van der Waals surface area contributed by atoms with Crippen molar-refractivity contribution in [2.75, 3.05) is 13.1 Å². The Labute approximate surface area is 161 Å². The van der Waals surface area contributed by atoms with Crippen molar-refractivity contribution in [2.45, 2.75) is 45.3 Å². The van der Waals surface area contributed by atoms with E-state index >= 15 is 0 Å². The summed E-state index contributed by atoms with van der Waals surface area (Å²) in [5.41, 5.74) is 1.07. The van der Waals surface area contributed by atoms with E-state index in [1.165, 1.54) is 0 Å². The van der Waals surface area contributed by atoms with E-state index in [2.05, 4.69) is 26.2 Å². The molecule has 1 saturated heterocycles. The number of H-pyrrole nitrogens is 1. The van der Waals surface area contributed by atoms with Crippen molar-refractivity contribution in [3.8, 4) is 0 Å². The molecule has 0 atom stereocenters. The van der Waals surface area contributed by atoms with Gasteiger partial charge in [0, 0.05) is 40.7 Å². The highest BCUT2D eigenvalue weighted by atomic mass is 79.9. The number of halogens is 1. The lowest BCUT2D eigenvalue weighted by atomic mass is 10.0. The van der Waals surface area contributed by atoms with Crippen LogP contribution < -0.4 is 5.32 Å². The smallest absolute Gasteiger partial charge is 0.410 e. The normalized spacial score (nSPS) is 15.9. The summed E-state index contributed by atoms with van der Waals surface area (Å²) >= 11 is 3.43. The van der Waals surface area contributed by atoms with Gasteiger partial charge in [-0.2, -0.15) is 0 Å².